The van der Waals surface area contributed by atoms with E-state index >= 15 is 0 Å². The van der Waals surface area contributed by atoms with Gasteiger partial charge in [-0.2, -0.15) is 0 Å². The second kappa shape index (κ2) is 6.75. The Kier molecular flexibility index (Phi) is 4.66. The lowest BCUT2D eigenvalue weighted by atomic mass is 10.0. The maximum atomic E-state index is 12.7. The molecule has 1 aromatic heterocycles. The molecular formula is C20H23NO4. The predicted molar refractivity (Wildman–Crippen MR) is 94.5 cm³/mol. The number of carbonyl (C=O) groups is 2. The zero-order valence-corrected chi connectivity index (χ0v) is 14.7. The average molecular weight is 341 g/mol. The fraction of sp³-hybridized carbons (Fsp3) is 0.400. The standard InChI is InChI=1S/C20H23NO4/c1-12(2)14-5-4-6-15(11-14)17-7-8-18(25-17)19(22)21-10-9-16(13(21)3)20(23)24/h4-8,11-13,16H,9-10H2,1-3H3,(H,23,24). The molecule has 1 aromatic carbocycles. The summed E-state index contributed by atoms with van der Waals surface area (Å²) in [7, 11) is 0. The minimum absolute atomic E-state index is 0.248. The van der Waals surface area contributed by atoms with Gasteiger partial charge >= 0.3 is 5.97 Å². The van der Waals surface area contributed by atoms with Gasteiger partial charge in [0.05, 0.1) is 5.92 Å². The summed E-state index contributed by atoms with van der Waals surface area (Å²) in [6.07, 6.45) is 0.478. The summed E-state index contributed by atoms with van der Waals surface area (Å²) >= 11 is 0. The number of hydrogen-bond acceptors (Lipinski definition) is 3. The molecule has 0 spiro atoms. The molecule has 0 saturated carbocycles. The van der Waals surface area contributed by atoms with Crippen LogP contribution in [0.2, 0.25) is 0 Å². The first-order valence-electron chi connectivity index (χ1n) is 8.62. The van der Waals surface area contributed by atoms with E-state index in [1.807, 2.05) is 12.1 Å². The lowest BCUT2D eigenvalue weighted by Crippen LogP contribution is -2.37. The van der Waals surface area contributed by atoms with Crippen molar-refractivity contribution in [2.45, 2.75) is 39.2 Å². The highest BCUT2D eigenvalue weighted by molar-refractivity contribution is 5.93. The van der Waals surface area contributed by atoms with E-state index < -0.39 is 11.9 Å². The van der Waals surface area contributed by atoms with E-state index in [0.717, 1.165) is 5.56 Å². The van der Waals surface area contributed by atoms with Crippen molar-refractivity contribution in [2.75, 3.05) is 6.54 Å². The molecule has 1 N–H and O–H groups in total. The first-order chi connectivity index (χ1) is 11.9. The van der Waals surface area contributed by atoms with Crippen LogP contribution >= 0.6 is 0 Å². The van der Waals surface area contributed by atoms with Crippen LogP contribution in [0.15, 0.2) is 40.8 Å². The quantitative estimate of drug-likeness (QED) is 0.912. The van der Waals surface area contributed by atoms with Crippen LogP contribution in [-0.4, -0.2) is 34.5 Å². The maximum absolute atomic E-state index is 12.7. The number of carboxylic acids is 1. The van der Waals surface area contributed by atoms with Crippen molar-refractivity contribution in [1.82, 2.24) is 4.90 Å². The van der Waals surface area contributed by atoms with E-state index in [2.05, 4.69) is 26.0 Å². The van der Waals surface area contributed by atoms with Gasteiger partial charge in [0.1, 0.15) is 5.76 Å². The van der Waals surface area contributed by atoms with Gasteiger partial charge in [0.15, 0.2) is 5.76 Å². The molecule has 0 aliphatic carbocycles. The smallest absolute Gasteiger partial charge is 0.308 e. The number of nitrogens with zero attached hydrogens (tertiary/aromatic N) is 1. The van der Waals surface area contributed by atoms with E-state index in [0.29, 0.717) is 24.6 Å². The zero-order valence-electron chi connectivity index (χ0n) is 14.7. The molecule has 1 aliphatic heterocycles. The Bertz CT molecular complexity index is 792. The number of carboxylic acid groups (broad SMARTS) is 1. The molecule has 5 nitrogen and oxygen atoms in total. The lowest BCUT2D eigenvalue weighted by Gasteiger charge is -2.22. The van der Waals surface area contributed by atoms with Crippen LogP contribution in [0.3, 0.4) is 0 Å². The highest BCUT2D eigenvalue weighted by Crippen LogP contribution is 2.29. The third kappa shape index (κ3) is 3.31. The van der Waals surface area contributed by atoms with Crippen LogP contribution in [0, 0.1) is 5.92 Å². The highest BCUT2D eigenvalue weighted by atomic mass is 16.4. The van der Waals surface area contributed by atoms with E-state index in [4.69, 9.17) is 4.42 Å². The number of likely N-dealkylation sites (tertiary alicyclic amines) is 1. The van der Waals surface area contributed by atoms with Crippen molar-refractivity contribution in [3.63, 3.8) is 0 Å². The fourth-order valence-electron chi connectivity index (χ4n) is 3.36. The summed E-state index contributed by atoms with van der Waals surface area (Å²) in [5, 5.41) is 9.22. The summed E-state index contributed by atoms with van der Waals surface area (Å²) in [5.41, 5.74) is 2.14. The van der Waals surface area contributed by atoms with Crippen molar-refractivity contribution < 1.29 is 19.1 Å². The average Bonchev–Trinajstić information content (AvgIpc) is 3.21. The normalized spacial score (nSPS) is 20.2. The number of aliphatic carboxylic acids is 1. The van der Waals surface area contributed by atoms with Crippen molar-refractivity contribution in [3.8, 4) is 11.3 Å². The Hall–Kier alpha value is -2.56. The van der Waals surface area contributed by atoms with Gasteiger partial charge in [0, 0.05) is 18.2 Å². The molecule has 2 atom stereocenters. The van der Waals surface area contributed by atoms with Gasteiger partial charge in [0.25, 0.3) is 5.91 Å². The molecule has 0 bridgehead atoms. The molecule has 132 valence electrons. The maximum Gasteiger partial charge on any atom is 0.308 e. The second-order valence-corrected chi connectivity index (χ2v) is 6.92. The number of hydrogen-bond donors (Lipinski definition) is 1. The van der Waals surface area contributed by atoms with Gasteiger partial charge in [-0.05, 0) is 43.0 Å². The molecular weight excluding hydrogens is 318 g/mol. The number of carbonyl (C=O) groups excluding carboxylic acids is 1. The van der Waals surface area contributed by atoms with E-state index in [-0.39, 0.29) is 17.7 Å². The lowest BCUT2D eigenvalue weighted by molar-refractivity contribution is -0.142. The summed E-state index contributed by atoms with van der Waals surface area (Å²) in [6.45, 7) is 6.48. The molecule has 3 rings (SSSR count). The van der Waals surface area contributed by atoms with Crippen LogP contribution < -0.4 is 0 Å². The van der Waals surface area contributed by atoms with Crippen molar-refractivity contribution in [1.29, 1.82) is 0 Å². The van der Waals surface area contributed by atoms with Crippen LogP contribution in [0.5, 0.6) is 0 Å². The Morgan fingerprint density at radius 3 is 2.64 bits per heavy atom. The third-order valence-corrected chi connectivity index (χ3v) is 4.99. The topological polar surface area (TPSA) is 70.8 Å². The first kappa shape index (κ1) is 17.3. The van der Waals surface area contributed by atoms with Crippen LogP contribution in [0.4, 0.5) is 0 Å². The molecule has 0 radical (unpaired) electrons. The highest BCUT2D eigenvalue weighted by Gasteiger charge is 2.39. The molecule has 2 aromatic rings. The molecule has 5 heteroatoms. The summed E-state index contributed by atoms with van der Waals surface area (Å²) in [6, 6.07) is 11.2. The van der Waals surface area contributed by atoms with E-state index in [9.17, 15) is 14.7 Å². The van der Waals surface area contributed by atoms with Gasteiger partial charge in [-0.3, -0.25) is 9.59 Å². The molecule has 1 saturated heterocycles. The number of rotatable bonds is 4. The van der Waals surface area contributed by atoms with Gasteiger partial charge < -0.3 is 14.4 Å². The van der Waals surface area contributed by atoms with Crippen molar-refractivity contribution >= 4 is 11.9 Å². The molecule has 1 fully saturated rings. The minimum atomic E-state index is -0.853. The summed E-state index contributed by atoms with van der Waals surface area (Å²) < 4.78 is 5.78. The number of furan rings is 1. The number of amides is 1. The third-order valence-electron chi connectivity index (χ3n) is 4.99. The Labute approximate surface area is 147 Å². The summed E-state index contributed by atoms with van der Waals surface area (Å²) in [4.78, 5) is 25.5. The van der Waals surface area contributed by atoms with Gasteiger partial charge in [-0.25, -0.2) is 0 Å². The molecule has 25 heavy (non-hydrogen) atoms. The van der Waals surface area contributed by atoms with E-state index in [1.54, 1.807) is 24.0 Å². The molecule has 1 amide bonds. The van der Waals surface area contributed by atoms with Crippen LogP contribution in [-0.2, 0) is 4.79 Å². The summed E-state index contributed by atoms with van der Waals surface area (Å²) in [5.74, 6) is -0.304. The van der Waals surface area contributed by atoms with Gasteiger partial charge in [-0.15, -0.1) is 0 Å². The first-order valence-corrected chi connectivity index (χ1v) is 8.62. The second-order valence-electron chi connectivity index (χ2n) is 6.92. The Balaban J connectivity index is 1.81. The van der Waals surface area contributed by atoms with E-state index in [1.165, 1.54) is 5.56 Å². The fourth-order valence-corrected chi connectivity index (χ4v) is 3.36. The molecule has 2 heterocycles. The SMILES string of the molecule is CC(C)c1cccc(-c2ccc(C(=O)N3CCC(C(=O)O)C3C)o2)c1. The molecule has 1 aliphatic rings. The van der Waals surface area contributed by atoms with Gasteiger partial charge in [-0.1, -0.05) is 32.0 Å². The Morgan fingerprint density at radius 2 is 2.00 bits per heavy atom. The van der Waals surface area contributed by atoms with Crippen molar-refractivity contribution in [2.24, 2.45) is 5.92 Å². The van der Waals surface area contributed by atoms with Gasteiger partial charge in [0.2, 0.25) is 0 Å². The monoisotopic (exact) mass is 341 g/mol. The minimum Gasteiger partial charge on any atom is -0.481 e. The number of benzene rings is 1. The van der Waals surface area contributed by atoms with Crippen LogP contribution in [0.25, 0.3) is 11.3 Å². The van der Waals surface area contributed by atoms with Crippen molar-refractivity contribution in [3.05, 3.63) is 47.7 Å². The molecule has 2 unspecified atom stereocenters. The Morgan fingerprint density at radius 1 is 1.24 bits per heavy atom. The zero-order chi connectivity index (χ0) is 18.1. The van der Waals surface area contributed by atoms with Crippen LogP contribution in [0.1, 0.15) is 49.2 Å². The largest absolute Gasteiger partial charge is 0.481 e. The predicted octanol–water partition coefficient (Wildman–Crippen LogP) is 4.01.